The molecule has 1 aliphatic carbocycles. The molecule has 4 N–H and O–H groups in total. The summed E-state index contributed by atoms with van der Waals surface area (Å²) in [6, 6.07) is 0. The highest BCUT2D eigenvalue weighted by Gasteiger charge is 2.56. The largest absolute Gasteiger partial charge is 0.394 e. The Labute approximate surface area is 314 Å². The van der Waals surface area contributed by atoms with E-state index in [2.05, 4.69) is 20.1 Å². The van der Waals surface area contributed by atoms with Gasteiger partial charge in [0.05, 0.1) is 74.3 Å². The Kier molecular flexibility index (Phi) is 14.0. The molecule has 53 heavy (non-hydrogen) atoms. The topological polar surface area (TPSA) is 170 Å². The average Bonchev–Trinajstić information content (AvgIpc) is 3.75. The zero-order chi connectivity index (χ0) is 38.0. The van der Waals surface area contributed by atoms with Gasteiger partial charge in [-0.2, -0.15) is 0 Å². The van der Waals surface area contributed by atoms with Gasteiger partial charge in [0, 0.05) is 51.0 Å². The molecule has 5 aliphatic heterocycles. The molecule has 300 valence electrons. The summed E-state index contributed by atoms with van der Waals surface area (Å²) in [6.07, 6.45) is 1.25. The Bertz CT molecular complexity index is 1290. The Morgan fingerprint density at radius 2 is 1.64 bits per heavy atom. The quantitative estimate of drug-likeness (QED) is 0.170. The maximum absolute atomic E-state index is 13.3. The summed E-state index contributed by atoms with van der Waals surface area (Å²) >= 11 is 0. The average molecular weight is 749 g/mol. The fraction of sp³-hybridized carbons (Fsp3) is 0.854. The molecular weight excluding hydrogens is 684 g/mol. The van der Waals surface area contributed by atoms with Crippen molar-refractivity contribution in [3.63, 3.8) is 0 Å². The van der Waals surface area contributed by atoms with E-state index >= 15 is 0 Å². The smallest absolute Gasteiger partial charge is 0.135 e. The van der Waals surface area contributed by atoms with E-state index in [4.69, 9.17) is 28.4 Å². The molecule has 6 fully saturated rings. The van der Waals surface area contributed by atoms with Crippen molar-refractivity contribution >= 4 is 11.6 Å². The number of rotatable bonds is 16. The summed E-state index contributed by atoms with van der Waals surface area (Å²) in [4.78, 5) is 26.5. The van der Waals surface area contributed by atoms with Crippen molar-refractivity contribution in [2.75, 3.05) is 20.3 Å². The molecule has 6 rings (SSSR count). The molecule has 17 atom stereocenters. The van der Waals surface area contributed by atoms with Crippen LogP contribution < -0.4 is 0 Å². The molecule has 0 spiro atoms. The lowest BCUT2D eigenvalue weighted by molar-refractivity contribution is -0.208. The number of hydrogen-bond acceptors (Lipinski definition) is 12. The van der Waals surface area contributed by atoms with E-state index in [0.29, 0.717) is 51.0 Å². The Morgan fingerprint density at radius 1 is 0.868 bits per heavy atom. The number of ketones is 2. The molecule has 0 amide bonds. The van der Waals surface area contributed by atoms with Gasteiger partial charge in [-0.3, -0.25) is 9.59 Å². The Morgan fingerprint density at radius 3 is 2.38 bits per heavy atom. The number of carbonyl (C=O) groups is 2. The van der Waals surface area contributed by atoms with Crippen molar-refractivity contribution in [1.29, 1.82) is 0 Å². The van der Waals surface area contributed by atoms with Gasteiger partial charge in [0.2, 0.25) is 0 Å². The zero-order valence-corrected chi connectivity index (χ0v) is 31.9. The van der Waals surface area contributed by atoms with Crippen LogP contribution in [-0.2, 0) is 38.0 Å². The van der Waals surface area contributed by atoms with Gasteiger partial charge in [-0.15, -0.1) is 0 Å². The van der Waals surface area contributed by atoms with E-state index < -0.39 is 42.7 Å². The summed E-state index contributed by atoms with van der Waals surface area (Å²) < 4.78 is 36.5. The highest BCUT2D eigenvalue weighted by molar-refractivity contribution is 5.79. The lowest BCUT2D eigenvalue weighted by Gasteiger charge is -2.46. The third-order valence-electron chi connectivity index (χ3n) is 13.2. The standard InChI is InChI=1S/C41H64O12/c1-21-12-29(49-20-23(21)3)9-11-33-22(2)13-30(51-33)8-7-26(43)17-35-38(47)41-40(53-35)37(46)32-15-25(6-10-34(32)52-41)14-27(44)16-31-24(4)50-36(39(31)48-5)18-28(45)19-42/h21,24-25,28-42,45-47H,2-3,6-20H2,1,4-5H3/t21-,24+,25-,28+,29+,30+,31+,32+,33+,34+,35-,36-,37+,38+,39-,40+,41+/m1/s1. The maximum Gasteiger partial charge on any atom is 0.135 e. The van der Waals surface area contributed by atoms with Gasteiger partial charge in [-0.1, -0.05) is 20.1 Å². The second-order valence-electron chi connectivity index (χ2n) is 17.1. The molecular formula is C41H64O12. The minimum atomic E-state index is -1.01. The van der Waals surface area contributed by atoms with Crippen molar-refractivity contribution in [3.8, 4) is 0 Å². The first-order valence-electron chi connectivity index (χ1n) is 20.1. The van der Waals surface area contributed by atoms with E-state index in [9.17, 15) is 30.0 Å². The lowest BCUT2D eigenvalue weighted by Crippen LogP contribution is -2.56. The first-order valence-corrected chi connectivity index (χ1v) is 20.1. The number of ether oxygens (including phenoxy) is 6. The second kappa shape index (κ2) is 18.1. The molecule has 1 saturated carbocycles. The van der Waals surface area contributed by atoms with Gasteiger partial charge >= 0.3 is 0 Å². The first-order chi connectivity index (χ1) is 25.3. The maximum atomic E-state index is 13.3. The Hall–Kier alpha value is -1.58. The summed E-state index contributed by atoms with van der Waals surface area (Å²) in [5.74, 6) is 0.237. The summed E-state index contributed by atoms with van der Waals surface area (Å²) in [5, 5.41) is 41.9. The monoisotopic (exact) mass is 748 g/mol. The molecule has 0 bridgehead atoms. The molecule has 0 aromatic rings. The molecule has 0 aromatic heterocycles. The molecule has 12 heteroatoms. The van der Waals surface area contributed by atoms with Crippen LogP contribution in [0.5, 0.6) is 0 Å². The summed E-state index contributed by atoms with van der Waals surface area (Å²) in [7, 11) is 1.58. The van der Waals surface area contributed by atoms with Gasteiger partial charge in [0.15, 0.2) is 0 Å². The molecule has 0 aromatic carbocycles. The number of carbonyl (C=O) groups excluding carboxylic acids is 2. The van der Waals surface area contributed by atoms with Crippen molar-refractivity contribution in [2.24, 2.45) is 23.7 Å². The molecule has 0 unspecified atom stereocenters. The van der Waals surface area contributed by atoms with Gasteiger partial charge in [0.1, 0.15) is 29.9 Å². The minimum absolute atomic E-state index is 0.0192. The number of hydrogen-bond donors (Lipinski definition) is 4. The highest BCUT2D eigenvalue weighted by Crippen LogP contribution is 2.45. The van der Waals surface area contributed by atoms with Crippen LogP contribution in [0.1, 0.15) is 97.3 Å². The number of aliphatic hydroxyl groups is 4. The van der Waals surface area contributed by atoms with Crippen LogP contribution in [0.2, 0.25) is 0 Å². The van der Waals surface area contributed by atoms with Crippen LogP contribution in [0.3, 0.4) is 0 Å². The van der Waals surface area contributed by atoms with Crippen LogP contribution >= 0.6 is 0 Å². The summed E-state index contributed by atoms with van der Waals surface area (Å²) in [6.45, 7) is 12.7. The lowest BCUT2D eigenvalue weighted by atomic mass is 9.71. The second-order valence-corrected chi connectivity index (χ2v) is 17.1. The Balaban J connectivity index is 0.928. The zero-order valence-electron chi connectivity index (χ0n) is 31.9. The van der Waals surface area contributed by atoms with E-state index in [1.165, 1.54) is 0 Å². The van der Waals surface area contributed by atoms with Crippen molar-refractivity contribution in [1.82, 2.24) is 0 Å². The normalized spacial score (nSPS) is 43.5. The van der Waals surface area contributed by atoms with Crippen LogP contribution in [-0.4, -0.2) is 132 Å². The first kappa shape index (κ1) is 41.1. The number of fused-ring (bicyclic) bond motifs is 2. The van der Waals surface area contributed by atoms with Crippen molar-refractivity contribution < 1.29 is 58.4 Å². The van der Waals surface area contributed by atoms with Crippen LogP contribution in [0.25, 0.3) is 0 Å². The number of Topliss-reactive ketones (excluding diaryl/α,β-unsaturated/α-hetero) is 2. The highest BCUT2D eigenvalue weighted by atomic mass is 16.6. The predicted molar refractivity (Wildman–Crippen MR) is 194 cm³/mol. The fourth-order valence-corrected chi connectivity index (χ4v) is 10.0. The number of methoxy groups -OCH3 is 1. The summed E-state index contributed by atoms with van der Waals surface area (Å²) in [5.41, 5.74) is 2.22. The minimum Gasteiger partial charge on any atom is -0.394 e. The molecule has 6 aliphatic rings. The van der Waals surface area contributed by atoms with E-state index in [1.807, 2.05) is 6.92 Å². The van der Waals surface area contributed by atoms with E-state index in [-0.39, 0.29) is 85.4 Å². The van der Waals surface area contributed by atoms with Crippen LogP contribution in [0.15, 0.2) is 24.3 Å². The van der Waals surface area contributed by atoms with Crippen LogP contribution in [0, 0.1) is 23.7 Å². The van der Waals surface area contributed by atoms with Crippen molar-refractivity contribution in [3.05, 3.63) is 24.3 Å². The molecule has 0 radical (unpaired) electrons. The third-order valence-corrected chi connectivity index (χ3v) is 13.2. The van der Waals surface area contributed by atoms with Gasteiger partial charge in [0.25, 0.3) is 0 Å². The number of aliphatic hydroxyl groups excluding tert-OH is 4. The fourth-order valence-electron chi connectivity index (χ4n) is 10.0. The van der Waals surface area contributed by atoms with Gasteiger partial charge in [-0.05, 0) is 81.3 Å². The SMILES string of the molecule is C=C1CO[C@@H](CC[C@@H]2O[C@@H](CCC(=O)C[C@H]3O[C@H]4[C@@H](O)[C@H]5C[C@@H](CC(=O)C[C@@H]6[C@@H](OC)[C@@H](C[C@H](O)CO)O[C@H]6C)CC[C@@H]5O[C@H]4[C@H]3O)CC2=C)C[C@H]1C. The molecule has 5 saturated heterocycles. The van der Waals surface area contributed by atoms with Crippen molar-refractivity contribution in [2.45, 2.75) is 177 Å². The van der Waals surface area contributed by atoms with E-state index in [1.54, 1.807) is 7.11 Å². The van der Waals surface area contributed by atoms with Gasteiger partial charge < -0.3 is 48.8 Å². The van der Waals surface area contributed by atoms with Gasteiger partial charge in [-0.25, -0.2) is 0 Å². The van der Waals surface area contributed by atoms with Crippen LogP contribution in [0.4, 0.5) is 0 Å². The third kappa shape index (κ3) is 9.70. The predicted octanol–water partition coefficient (Wildman–Crippen LogP) is 3.38. The van der Waals surface area contributed by atoms with E-state index in [0.717, 1.165) is 43.3 Å². The molecule has 5 heterocycles. The molecule has 12 nitrogen and oxygen atoms in total.